The number of sulfone groups is 1. The first kappa shape index (κ1) is 14.1. The SMILES string of the molecule is CS(=O)(=O)CCCOc1ccc2c(c1)C(=O)CCC2. The van der Waals surface area contributed by atoms with Crippen molar-refractivity contribution in [2.45, 2.75) is 25.7 Å². The summed E-state index contributed by atoms with van der Waals surface area (Å²) in [5.41, 5.74) is 1.84. The van der Waals surface area contributed by atoms with Crippen LogP contribution in [0.3, 0.4) is 0 Å². The minimum absolute atomic E-state index is 0.122. The lowest BCUT2D eigenvalue weighted by Crippen LogP contribution is -2.11. The molecule has 0 bridgehead atoms. The summed E-state index contributed by atoms with van der Waals surface area (Å²) in [4.78, 5) is 11.8. The van der Waals surface area contributed by atoms with Crippen molar-refractivity contribution in [1.82, 2.24) is 0 Å². The van der Waals surface area contributed by atoms with Crippen molar-refractivity contribution in [3.8, 4) is 5.75 Å². The third kappa shape index (κ3) is 4.06. The monoisotopic (exact) mass is 282 g/mol. The zero-order chi connectivity index (χ0) is 13.9. The maximum atomic E-state index is 11.8. The molecule has 0 aromatic heterocycles. The maximum absolute atomic E-state index is 11.8. The summed E-state index contributed by atoms with van der Waals surface area (Å²) in [6.45, 7) is 0.347. The molecule has 19 heavy (non-hydrogen) atoms. The van der Waals surface area contributed by atoms with Crippen LogP contribution >= 0.6 is 0 Å². The number of rotatable bonds is 5. The van der Waals surface area contributed by atoms with Crippen LogP contribution in [0.2, 0.25) is 0 Å². The Kier molecular flexibility index (Phi) is 4.24. The zero-order valence-electron chi connectivity index (χ0n) is 11.0. The Labute approximate surface area is 113 Å². The number of benzene rings is 1. The molecule has 0 amide bonds. The topological polar surface area (TPSA) is 60.4 Å². The summed E-state index contributed by atoms with van der Waals surface area (Å²) in [5.74, 6) is 0.932. The highest BCUT2D eigenvalue weighted by molar-refractivity contribution is 7.90. The average Bonchev–Trinajstić information content (AvgIpc) is 2.34. The molecule has 5 heteroatoms. The smallest absolute Gasteiger partial charge is 0.163 e. The van der Waals surface area contributed by atoms with E-state index in [2.05, 4.69) is 0 Å². The molecule has 1 aliphatic rings. The first-order valence-corrected chi connectivity index (χ1v) is 8.48. The molecule has 0 N–H and O–H groups in total. The highest BCUT2D eigenvalue weighted by Gasteiger charge is 2.17. The van der Waals surface area contributed by atoms with Crippen LogP contribution in [-0.2, 0) is 16.3 Å². The lowest BCUT2D eigenvalue weighted by molar-refractivity contribution is 0.0972. The molecule has 0 aliphatic heterocycles. The number of Topliss-reactive ketones (excluding diaryl/α,β-unsaturated/α-hetero) is 1. The predicted molar refractivity (Wildman–Crippen MR) is 73.5 cm³/mol. The number of aryl methyl sites for hydroxylation is 1. The van der Waals surface area contributed by atoms with Crippen LogP contribution in [0.1, 0.15) is 35.2 Å². The van der Waals surface area contributed by atoms with Gasteiger partial charge in [0.15, 0.2) is 5.78 Å². The van der Waals surface area contributed by atoms with E-state index in [1.165, 1.54) is 6.26 Å². The molecule has 0 atom stereocenters. The Morgan fingerprint density at radius 2 is 2.05 bits per heavy atom. The van der Waals surface area contributed by atoms with Gasteiger partial charge in [0.25, 0.3) is 0 Å². The standard InChI is InChI=1S/C14H18O4S/c1-19(16,17)9-3-8-18-12-7-6-11-4-2-5-14(15)13(11)10-12/h6-7,10H,2-5,8-9H2,1H3. The Balaban J connectivity index is 1.95. The minimum atomic E-state index is -2.94. The van der Waals surface area contributed by atoms with Gasteiger partial charge in [-0.3, -0.25) is 4.79 Å². The molecular formula is C14H18O4S. The molecule has 4 nitrogen and oxygen atoms in total. The van der Waals surface area contributed by atoms with Crippen LogP contribution in [-0.4, -0.2) is 32.8 Å². The van der Waals surface area contributed by atoms with Gasteiger partial charge in [0, 0.05) is 18.2 Å². The second-order valence-corrected chi connectivity index (χ2v) is 7.19. The van der Waals surface area contributed by atoms with E-state index in [-0.39, 0.29) is 11.5 Å². The number of fused-ring (bicyclic) bond motifs is 1. The van der Waals surface area contributed by atoms with Crippen molar-refractivity contribution in [2.24, 2.45) is 0 Å². The largest absolute Gasteiger partial charge is 0.494 e. The zero-order valence-corrected chi connectivity index (χ0v) is 11.8. The van der Waals surface area contributed by atoms with Crippen molar-refractivity contribution in [3.63, 3.8) is 0 Å². The normalized spacial score (nSPS) is 15.1. The lowest BCUT2D eigenvalue weighted by atomic mass is 9.90. The van der Waals surface area contributed by atoms with Crippen molar-refractivity contribution in [3.05, 3.63) is 29.3 Å². The van der Waals surface area contributed by atoms with Crippen LogP contribution < -0.4 is 4.74 Å². The highest BCUT2D eigenvalue weighted by atomic mass is 32.2. The van der Waals surface area contributed by atoms with E-state index in [4.69, 9.17) is 4.74 Å². The van der Waals surface area contributed by atoms with E-state index in [0.717, 1.165) is 24.0 Å². The van der Waals surface area contributed by atoms with Gasteiger partial charge in [0.05, 0.1) is 12.4 Å². The van der Waals surface area contributed by atoms with Crippen LogP contribution in [0, 0.1) is 0 Å². The Morgan fingerprint density at radius 1 is 1.26 bits per heavy atom. The summed E-state index contributed by atoms with van der Waals surface area (Å²) in [7, 11) is -2.94. The quantitative estimate of drug-likeness (QED) is 0.775. The third-order valence-electron chi connectivity index (χ3n) is 3.16. The molecule has 0 fully saturated rings. The first-order chi connectivity index (χ1) is 8.96. The van der Waals surface area contributed by atoms with Crippen LogP contribution in [0.15, 0.2) is 18.2 Å². The highest BCUT2D eigenvalue weighted by Crippen LogP contribution is 2.25. The Hall–Kier alpha value is -1.36. The molecule has 0 saturated carbocycles. The van der Waals surface area contributed by atoms with E-state index < -0.39 is 9.84 Å². The molecule has 0 heterocycles. The molecule has 1 aliphatic carbocycles. The molecule has 104 valence electrons. The Bertz CT molecular complexity index is 575. The van der Waals surface area contributed by atoms with E-state index in [9.17, 15) is 13.2 Å². The van der Waals surface area contributed by atoms with Crippen LogP contribution in [0.4, 0.5) is 0 Å². The molecule has 0 radical (unpaired) electrons. The second kappa shape index (κ2) is 5.74. The number of hydrogen-bond acceptors (Lipinski definition) is 4. The number of ether oxygens (including phenoxy) is 1. The van der Waals surface area contributed by atoms with Gasteiger partial charge in [-0.2, -0.15) is 0 Å². The summed E-state index contributed by atoms with van der Waals surface area (Å²) in [5, 5.41) is 0. The lowest BCUT2D eigenvalue weighted by Gasteiger charge is -2.15. The fourth-order valence-corrected chi connectivity index (χ4v) is 2.85. The average molecular weight is 282 g/mol. The van der Waals surface area contributed by atoms with Gasteiger partial charge in [-0.15, -0.1) is 0 Å². The van der Waals surface area contributed by atoms with Gasteiger partial charge >= 0.3 is 0 Å². The molecule has 0 saturated heterocycles. The number of carbonyl (C=O) groups is 1. The van der Waals surface area contributed by atoms with Gasteiger partial charge in [0.1, 0.15) is 15.6 Å². The third-order valence-corrected chi connectivity index (χ3v) is 4.19. The van der Waals surface area contributed by atoms with Crippen molar-refractivity contribution in [2.75, 3.05) is 18.6 Å². The Morgan fingerprint density at radius 3 is 2.79 bits per heavy atom. The van der Waals surface area contributed by atoms with E-state index in [1.54, 1.807) is 6.07 Å². The summed E-state index contributed by atoms with van der Waals surface area (Å²) in [6, 6.07) is 5.55. The minimum Gasteiger partial charge on any atom is -0.494 e. The second-order valence-electron chi connectivity index (χ2n) is 4.93. The van der Waals surface area contributed by atoms with E-state index >= 15 is 0 Å². The number of carbonyl (C=O) groups excluding carboxylic acids is 1. The predicted octanol–water partition coefficient (Wildman–Crippen LogP) is 2.02. The van der Waals surface area contributed by atoms with E-state index in [1.807, 2.05) is 12.1 Å². The van der Waals surface area contributed by atoms with Crippen molar-refractivity contribution in [1.29, 1.82) is 0 Å². The van der Waals surface area contributed by atoms with Gasteiger partial charge in [-0.1, -0.05) is 6.07 Å². The molecular weight excluding hydrogens is 264 g/mol. The van der Waals surface area contributed by atoms with Crippen molar-refractivity contribution < 1.29 is 17.9 Å². The molecule has 0 unspecified atom stereocenters. The molecule has 0 spiro atoms. The summed E-state index contributed by atoms with van der Waals surface area (Å²) >= 11 is 0. The van der Waals surface area contributed by atoms with Gasteiger partial charge in [-0.05, 0) is 37.0 Å². The summed E-state index contributed by atoms with van der Waals surface area (Å²) in [6.07, 6.45) is 4.13. The summed E-state index contributed by atoms with van der Waals surface area (Å²) < 4.78 is 27.5. The fraction of sp³-hybridized carbons (Fsp3) is 0.500. The van der Waals surface area contributed by atoms with Gasteiger partial charge in [0.2, 0.25) is 0 Å². The number of ketones is 1. The van der Waals surface area contributed by atoms with Crippen molar-refractivity contribution >= 4 is 15.6 Å². The van der Waals surface area contributed by atoms with Gasteiger partial charge in [-0.25, -0.2) is 8.42 Å². The number of hydrogen-bond donors (Lipinski definition) is 0. The molecule has 1 aromatic carbocycles. The van der Waals surface area contributed by atoms with Crippen LogP contribution in [0.5, 0.6) is 5.75 Å². The first-order valence-electron chi connectivity index (χ1n) is 6.42. The van der Waals surface area contributed by atoms with Gasteiger partial charge < -0.3 is 4.74 Å². The maximum Gasteiger partial charge on any atom is 0.163 e. The molecule has 2 rings (SSSR count). The van der Waals surface area contributed by atoms with Crippen LogP contribution in [0.25, 0.3) is 0 Å². The molecule has 1 aromatic rings. The van der Waals surface area contributed by atoms with E-state index in [0.29, 0.717) is 25.2 Å². The fourth-order valence-electron chi connectivity index (χ4n) is 2.21.